The third kappa shape index (κ3) is 2.81. The molecule has 1 unspecified atom stereocenters. The second kappa shape index (κ2) is 5.90. The molecule has 1 aliphatic rings. The number of fused-ring (bicyclic) bond motifs is 2. The van der Waals surface area contributed by atoms with E-state index >= 15 is 0 Å². The van der Waals surface area contributed by atoms with Crippen molar-refractivity contribution in [2.45, 2.75) is 26.8 Å². The average Bonchev–Trinajstić information content (AvgIpc) is 2.51. The van der Waals surface area contributed by atoms with Crippen molar-refractivity contribution in [3.05, 3.63) is 59.7 Å². The molecular weight excluding hydrogens is 258 g/mol. The van der Waals surface area contributed by atoms with E-state index in [0.29, 0.717) is 11.8 Å². The first-order valence-electron chi connectivity index (χ1n) is 7.76. The Morgan fingerprint density at radius 2 is 1.43 bits per heavy atom. The van der Waals surface area contributed by atoms with E-state index in [2.05, 4.69) is 50.4 Å². The molecule has 1 atom stereocenters. The van der Waals surface area contributed by atoms with Gasteiger partial charge in [0.15, 0.2) is 0 Å². The van der Waals surface area contributed by atoms with Crippen LogP contribution < -0.4 is 10.1 Å². The predicted octanol–water partition coefficient (Wildman–Crippen LogP) is 4.76. The minimum Gasteiger partial charge on any atom is -0.457 e. The Balaban J connectivity index is 1.91. The van der Waals surface area contributed by atoms with Gasteiger partial charge >= 0.3 is 0 Å². The predicted molar refractivity (Wildman–Crippen MR) is 86.8 cm³/mol. The van der Waals surface area contributed by atoms with E-state index in [9.17, 15) is 0 Å². The van der Waals surface area contributed by atoms with Gasteiger partial charge in [-0.25, -0.2) is 0 Å². The van der Waals surface area contributed by atoms with Crippen LogP contribution in [0.5, 0.6) is 11.5 Å². The molecule has 0 aliphatic carbocycles. The van der Waals surface area contributed by atoms with Gasteiger partial charge in [0.05, 0.1) is 6.04 Å². The molecule has 2 aromatic rings. The molecule has 0 radical (unpaired) electrons. The highest BCUT2D eigenvalue weighted by Crippen LogP contribution is 2.42. The molecule has 0 bridgehead atoms. The van der Waals surface area contributed by atoms with Crippen molar-refractivity contribution in [3.8, 4) is 11.5 Å². The smallest absolute Gasteiger partial charge is 0.132 e. The highest BCUT2D eigenvalue weighted by atomic mass is 16.5. The fourth-order valence-corrected chi connectivity index (χ4v) is 2.67. The summed E-state index contributed by atoms with van der Waals surface area (Å²) in [6, 6.07) is 16.8. The summed E-state index contributed by atoms with van der Waals surface area (Å²) >= 11 is 0. The molecule has 0 fully saturated rings. The van der Waals surface area contributed by atoms with Crippen molar-refractivity contribution in [2.75, 3.05) is 6.54 Å². The average molecular weight is 281 g/mol. The molecule has 110 valence electrons. The van der Waals surface area contributed by atoms with Crippen molar-refractivity contribution < 1.29 is 4.74 Å². The molecular formula is C19H23NO. The lowest BCUT2D eigenvalue weighted by Crippen LogP contribution is -2.30. The van der Waals surface area contributed by atoms with E-state index in [1.807, 2.05) is 24.3 Å². The Bertz CT molecular complexity index is 575. The highest BCUT2D eigenvalue weighted by molar-refractivity contribution is 5.52. The van der Waals surface area contributed by atoms with Crippen molar-refractivity contribution in [1.29, 1.82) is 0 Å². The number of benzene rings is 2. The first-order chi connectivity index (χ1) is 10.2. The molecule has 3 rings (SSSR count). The van der Waals surface area contributed by atoms with Crippen LogP contribution in [0.25, 0.3) is 0 Å². The van der Waals surface area contributed by atoms with Crippen LogP contribution in [0.3, 0.4) is 0 Å². The molecule has 0 aromatic heterocycles. The maximum absolute atomic E-state index is 6.02. The fourth-order valence-electron chi connectivity index (χ4n) is 2.67. The molecule has 1 aliphatic heterocycles. The lowest BCUT2D eigenvalue weighted by Gasteiger charge is -2.30. The second-order valence-electron chi connectivity index (χ2n) is 6.24. The van der Waals surface area contributed by atoms with Crippen LogP contribution in [-0.4, -0.2) is 6.54 Å². The molecule has 0 saturated heterocycles. The maximum Gasteiger partial charge on any atom is 0.132 e. The fraction of sp³-hybridized carbons (Fsp3) is 0.368. The zero-order chi connectivity index (χ0) is 14.8. The summed E-state index contributed by atoms with van der Waals surface area (Å²) in [7, 11) is 0. The zero-order valence-corrected chi connectivity index (χ0v) is 13.0. The van der Waals surface area contributed by atoms with Gasteiger partial charge in [-0.2, -0.15) is 0 Å². The third-order valence-electron chi connectivity index (χ3n) is 4.46. The summed E-state index contributed by atoms with van der Waals surface area (Å²) in [4.78, 5) is 0. The molecule has 1 N–H and O–H groups in total. The van der Waals surface area contributed by atoms with Crippen LogP contribution in [-0.2, 0) is 0 Å². The van der Waals surface area contributed by atoms with Crippen LogP contribution in [0.15, 0.2) is 48.5 Å². The van der Waals surface area contributed by atoms with Crippen LogP contribution in [0, 0.1) is 11.8 Å². The van der Waals surface area contributed by atoms with Crippen LogP contribution in [0.1, 0.15) is 37.9 Å². The Morgan fingerprint density at radius 3 is 1.95 bits per heavy atom. The van der Waals surface area contributed by atoms with E-state index in [0.717, 1.165) is 18.0 Å². The largest absolute Gasteiger partial charge is 0.457 e. The van der Waals surface area contributed by atoms with Crippen molar-refractivity contribution in [3.63, 3.8) is 0 Å². The number of hydrogen-bond acceptors (Lipinski definition) is 2. The highest BCUT2D eigenvalue weighted by Gasteiger charge is 2.26. The van der Waals surface area contributed by atoms with Gasteiger partial charge in [0.1, 0.15) is 11.5 Å². The van der Waals surface area contributed by atoms with E-state index in [-0.39, 0.29) is 6.04 Å². The summed E-state index contributed by atoms with van der Waals surface area (Å²) in [5, 5.41) is 3.74. The van der Waals surface area contributed by atoms with Gasteiger partial charge in [0.25, 0.3) is 0 Å². The molecule has 2 aromatic carbocycles. The number of ether oxygens (including phenoxy) is 1. The van der Waals surface area contributed by atoms with Crippen LogP contribution >= 0.6 is 0 Å². The Morgan fingerprint density at radius 1 is 0.905 bits per heavy atom. The Hall–Kier alpha value is -1.80. The van der Waals surface area contributed by atoms with Crippen molar-refractivity contribution in [1.82, 2.24) is 5.32 Å². The lowest BCUT2D eigenvalue weighted by molar-refractivity contribution is 0.366. The van der Waals surface area contributed by atoms with Crippen LogP contribution in [0.2, 0.25) is 0 Å². The second-order valence-corrected chi connectivity index (χ2v) is 6.24. The summed E-state index contributed by atoms with van der Waals surface area (Å²) in [5.74, 6) is 3.26. The standard InChI is InChI=1S/C19H23NO/c1-13(2)14(3)12-20-19-15-8-4-6-10-17(15)21-18-11-7-5-9-16(18)19/h4-11,13-14,19-20H,12H2,1-3H3. The molecule has 2 heteroatoms. The summed E-state index contributed by atoms with van der Waals surface area (Å²) in [6.07, 6.45) is 0. The van der Waals surface area contributed by atoms with Gasteiger partial charge in [0, 0.05) is 11.1 Å². The quantitative estimate of drug-likeness (QED) is 0.872. The molecule has 0 amide bonds. The Labute approximate surface area is 127 Å². The molecule has 0 saturated carbocycles. The van der Waals surface area contributed by atoms with Gasteiger partial charge in [-0.1, -0.05) is 57.2 Å². The number of para-hydroxylation sites is 2. The van der Waals surface area contributed by atoms with Crippen molar-refractivity contribution >= 4 is 0 Å². The first-order valence-corrected chi connectivity index (χ1v) is 7.76. The molecule has 0 spiro atoms. The van der Waals surface area contributed by atoms with Gasteiger partial charge in [-0.15, -0.1) is 0 Å². The maximum atomic E-state index is 6.02. The van der Waals surface area contributed by atoms with E-state index in [4.69, 9.17) is 4.74 Å². The van der Waals surface area contributed by atoms with Gasteiger partial charge in [0.2, 0.25) is 0 Å². The lowest BCUT2D eigenvalue weighted by atomic mass is 9.92. The topological polar surface area (TPSA) is 21.3 Å². The first kappa shape index (κ1) is 14.2. The summed E-state index contributed by atoms with van der Waals surface area (Å²) in [6.45, 7) is 7.86. The normalized spacial score (nSPS) is 15.2. The van der Waals surface area contributed by atoms with Crippen LogP contribution in [0.4, 0.5) is 0 Å². The number of rotatable bonds is 4. The van der Waals surface area contributed by atoms with E-state index in [1.54, 1.807) is 0 Å². The zero-order valence-electron chi connectivity index (χ0n) is 13.0. The third-order valence-corrected chi connectivity index (χ3v) is 4.46. The minimum absolute atomic E-state index is 0.215. The van der Waals surface area contributed by atoms with Crippen molar-refractivity contribution in [2.24, 2.45) is 11.8 Å². The van der Waals surface area contributed by atoms with Gasteiger partial charge < -0.3 is 10.1 Å². The van der Waals surface area contributed by atoms with Gasteiger partial charge in [-0.05, 0) is 30.5 Å². The summed E-state index contributed by atoms with van der Waals surface area (Å²) in [5.41, 5.74) is 2.46. The minimum atomic E-state index is 0.215. The SMILES string of the molecule is CC(C)C(C)CNC1c2ccccc2Oc2ccccc21. The molecule has 21 heavy (non-hydrogen) atoms. The molecule has 2 nitrogen and oxygen atoms in total. The Kier molecular flexibility index (Phi) is 3.98. The number of nitrogens with one attached hydrogen (secondary N) is 1. The summed E-state index contributed by atoms with van der Waals surface area (Å²) < 4.78 is 6.02. The van der Waals surface area contributed by atoms with Gasteiger partial charge in [-0.3, -0.25) is 0 Å². The van der Waals surface area contributed by atoms with E-state index in [1.165, 1.54) is 11.1 Å². The molecule has 1 heterocycles. The number of hydrogen-bond donors (Lipinski definition) is 1. The monoisotopic (exact) mass is 281 g/mol. The van der Waals surface area contributed by atoms with E-state index < -0.39 is 0 Å².